The minimum absolute atomic E-state index is 0.162. The van der Waals surface area contributed by atoms with E-state index in [0.717, 1.165) is 0 Å². The van der Waals surface area contributed by atoms with Gasteiger partial charge in [0.1, 0.15) is 12.3 Å². The summed E-state index contributed by atoms with van der Waals surface area (Å²) in [6.07, 6.45) is -1.89. The molecule has 0 aromatic rings. The van der Waals surface area contributed by atoms with Crippen LogP contribution >= 0.6 is 0 Å². The van der Waals surface area contributed by atoms with Gasteiger partial charge in [-0.2, -0.15) is 5.06 Å². The van der Waals surface area contributed by atoms with Crippen LogP contribution in [-0.2, 0) is 9.57 Å². The smallest absolute Gasteiger partial charge is 0.136 e. The Morgan fingerprint density at radius 3 is 2.40 bits per heavy atom. The molecule has 2 unspecified atom stereocenters. The van der Waals surface area contributed by atoms with Crippen molar-refractivity contribution in [1.29, 1.82) is 0 Å². The third kappa shape index (κ3) is 2.89. The second-order valence-electron chi connectivity index (χ2n) is 4.23. The maximum atomic E-state index is 9.63. The van der Waals surface area contributed by atoms with Gasteiger partial charge in [-0.3, -0.25) is 4.84 Å². The number of rotatable bonds is 3. The molecule has 1 aliphatic rings. The van der Waals surface area contributed by atoms with Crippen molar-refractivity contribution >= 4 is 0 Å². The monoisotopic (exact) mass is 219 g/mol. The molecule has 2 N–H and O–H groups in total. The van der Waals surface area contributed by atoms with Gasteiger partial charge in [0.25, 0.3) is 0 Å². The summed E-state index contributed by atoms with van der Waals surface area (Å²) in [5.74, 6) is 0. The largest absolute Gasteiger partial charge is 0.390 e. The van der Waals surface area contributed by atoms with Crippen molar-refractivity contribution in [3.63, 3.8) is 0 Å². The fraction of sp³-hybridized carbons (Fsp3) is 1.00. The van der Waals surface area contributed by atoms with Crippen LogP contribution in [0.25, 0.3) is 0 Å². The number of nitrogens with zero attached hydrogens (tertiary/aromatic N) is 1. The highest BCUT2D eigenvalue weighted by atomic mass is 16.7. The molecule has 0 amide bonds. The van der Waals surface area contributed by atoms with Crippen LogP contribution in [0.1, 0.15) is 27.2 Å². The molecular weight excluding hydrogens is 198 g/mol. The molecule has 5 heteroatoms. The fourth-order valence-corrected chi connectivity index (χ4v) is 1.87. The van der Waals surface area contributed by atoms with E-state index in [2.05, 4.69) is 0 Å². The molecule has 0 bridgehead atoms. The van der Waals surface area contributed by atoms with Crippen molar-refractivity contribution < 1.29 is 19.8 Å². The van der Waals surface area contributed by atoms with Crippen LogP contribution in [0.2, 0.25) is 0 Å². The molecule has 5 nitrogen and oxygen atoms in total. The summed E-state index contributed by atoms with van der Waals surface area (Å²) < 4.78 is 5.57. The minimum atomic E-state index is -0.813. The molecule has 90 valence electrons. The van der Waals surface area contributed by atoms with Crippen LogP contribution in [0.4, 0.5) is 0 Å². The molecule has 1 fully saturated rings. The Morgan fingerprint density at radius 2 is 2.00 bits per heavy atom. The zero-order valence-electron chi connectivity index (χ0n) is 9.75. The normalized spacial score (nSPS) is 37.6. The quantitative estimate of drug-likeness (QED) is 0.660. The number of hydrogen-bond donors (Lipinski definition) is 2. The Balaban J connectivity index is 2.63. The number of aliphatic hydroxyl groups is 2. The topological polar surface area (TPSA) is 62.2 Å². The summed E-state index contributed by atoms with van der Waals surface area (Å²) in [5.41, 5.74) is 0. The first-order chi connectivity index (χ1) is 6.97. The highest BCUT2D eigenvalue weighted by Gasteiger charge is 2.37. The van der Waals surface area contributed by atoms with Gasteiger partial charge < -0.3 is 14.9 Å². The molecule has 1 aliphatic heterocycles. The Labute approximate surface area is 90.5 Å². The van der Waals surface area contributed by atoms with Crippen LogP contribution < -0.4 is 0 Å². The first-order valence-corrected chi connectivity index (χ1v) is 5.31. The molecule has 0 aromatic carbocycles. The van der Waals surface area contributed by atoms with E-state index in [1.807, 2.05) is 13.8 Å². The molecule has 1 heterocycles. The first-order valence-electron chi connectivity index (χ1n) is 5.31. The molecule has 1 rings (SSSR count). The van der Waals surface area contributed by atoms with Gasteiger partial charge in [-0.15, -0.1) is 0 Å². The third-order valence-corrected chi connectivity index (χ3v) is 2.69. The van der Waals surface area contributed by atoms with Gasteiger partial charge >= 0.3 is 0 Å². The molecule has 0 saturated carbocycles. The number of hydrogen-bond acceptors (Lipinski definition) is 5. The predicted molar refractivity (Wildman–Crippen MR) is 54.9 cm³/mol. The van der Waals surface area contributed by atoms with E-state index in [1.165, 1.54) is 0 Å². The summed E-state index contributed by atoms with van der Waals surface area (Å²) in [4.78, 5) is 5.20. The van der Waals surface area contributed by atoms with Crippen molar-refractivity contribution in [3.8, 4) is 0 Å². The van der Waals surface area contributed by atoms with Crippen LogP contribution in [0.5, 0.6) is 0 Å². The standard InChI is InChI=1S/C10H21NO4/c1-6(2)11(14-4)9-5-8(12)10(13)7(3)15-9/h6-10,12-13H,5H2,1-4H3/t7?,8-,9?,10-/m1/s1. The van der Waals surface area contributed by atoms with Crippen LogP contribution in [-0.4, -0.2) is 53.0 Å². The van der Waals surface area contributed by atoms with E-state index >= 15 is 0 Å². The number of aliphatic hydroxyl groups excluding tert-OH is 2. The molecule has 0 aliphatic carbocycles. The van der Waals surface area contributed by atoms with E-state index in [-0.39, 0.29) is 18.4 Å². The Kier molecular flexibility index (Phi) is 4.48. The van der Waals surface area contributed by atoms with Gasteiger partial charge in [-0.25, -0.2) is 0 Å². The minimum Gasteiger partial charge on any atom is -0.390 e. The lowest BCUT2D eigenvalue weighted by Gasteiger charge is -2.41. The maximum Gasteiger partial charge on any atom is 0.136 e. The SMILES string of the molecule is CON(C(C)C)C1C[C@@H](O)[C@H](O)C(C)O1. The van der Waals surface area contributed by atoms with Gasteiger partial charge in [0.15, 0.2) is 0 Å². The molecular formula is C10H21NO4. The van der Waals surface area contributed by atoms with Crippen molar-refractivity contribution in [3.05, 3.63) is 0 Å². The molecule has 0 aromatic heterocycles. The van der Waals surface area contributed by atoms with Crippen LogP contribution in [0, 0.1) is 0 Å². The second kappa shape index (κ2) is 5.23. The van der Waals surface area contributed by atoms with Crippen molar-refractivity contribution in [2.75, 3.05) is 7.11 Å². The fourth-order valence-electron chi connectivity index (χ4n) is 1.87. The van der Waals surface area contributed by atoms with E-state index in [1.54, 1.807) is 19.1 Å². The van der Waals surface area contributed by atoms with Gasteiger partial charge in [0, 0.05) is 12.5 Å². The summed E-state index contributed by atoms with van der Waals surface area (Å²) in [5, 5.41) is 20.8. The first kappa shape index (κ1) is 12.9. The predicted octanol–water partition coefficient (Wildman–Crippen LogP) is 0.115. The lowest BCUT2D eigenvalue weighted by atomic mass is 10.0. The maximum absolute atomic E-state index is 9.63. The summed E-state index contributed by atoms with van der Waals surface area (Å²) >= 11 is 0. The van der Waals surface area contributed by atoms with Crippen LogP contribution in [0.3, 0.4) is 0 Å². The zero-order chi connectivity index (χ0) is 11.6. The van der Waals surface area contributed by atoms with Gasteiger partial charge in [0.05, 0.1) is 19.3 Å². The Hall–Kier alpha value is -0.200. The Morgan fingerprint density at radius 1 is 1.40 bits per heavy atom. The van der Waals surface area contributed by atoms with Crippen molar-refractivity contribution in [2.24, 2.45) is 0 Å². The molecule has 0 radical (unpaired) electrons. The zero-order valence-corrected chi connectivity index (χ0v) is 9.75. The second-order valence-corrected chi connectivity index (χ2v) is 4.23. The van der Waals surface area contributed by atoms with E-state index in [9.17, 15) is 10.2 Å². The lowest BCUT2D eigenvalue weighted by molar-refractivity contribution is -0.299. The third-order valence-electron chi connectivity index (χ3n) is 2.69. The highest BCUT2D eigenvalue weighted by molar-refractivity contribution is 4.82. The summed E-state index contributed by atoms with van der Waals surface area (Å²) in [7, 11) is 1.57. The average Bonchev–Trinajstić information content (AvgIpc) is 2.14. The van der Waals surface area contributed by atoms with Gasteiger partial charge in [-0.05, 0) is 20.8 Å². The summed E-state index contributed by atoms with van der Waals surface area (Å²) in [6.45, 7) is 5.71. The number of hydroxylamine groups is 2. The Bertz CT molecular complexity index is 188. The molecule has 1 saturated heterocycles. The van der Waals surface area contributed by atoms with E-state index in [0.29, 0.717) is 6.42 Å². The van der Waals surface area contributed by atoms with Gasteiger partial charge in [-0.1, -0.05) is 0 Å². The van der Waals surface area contributed by atoms with E-state index in [4.69, 9.17) is 9.57 Å². The highest BCUT2D eigenvalue weighted by Crippen LogP contribution is 2.23. The molecule has 0 spiro atoms. The van der Waals surface area contributed by atoms with Crippen molar-refractivity contribution in [2.45, 2.75) is 57.8 Å². The number of ether oxygens (including phenoxy) is 1. The summed E-state index contributed by atoms with van der Waals surface area (Å²) in [6, 6.07) is 0.162. The molecule has 15 heavy (non-hydrogen) atoms. The molecule has 4 atom stereocenters. The lowest BCUT2D eigenvalue weighted by Crippen LogP contribution is -2.53. The van der Waals surface area contributed by atoms with Crippen LogP contribution in [0.15, 0.2) is 0 Å². The van der Waals surface area contributed by atoms with Gasteiger partial charge in [0.2, 0.25) is 0 Å². The van der Waals surface area contributed by atoms with E-state index < -0.39 is 12.2 Å². The van der Waals surface area contributed by atoms with Crippen molar-refractivity contribution in [1.82, 2.24) is 5.06 Å². The average molecular weight is 219 g/mol.